The van der Waals surface area contributed by atoms with Crippen LogP contribution in [0.15, 0.2) is 22.7 Å². The lowest BCUT2D eigenvalue weighted by Gasteiger charge is -2.23. The van der Waals surface area contributed by atoms with Crippen LogP contribution >= 0.6 is 23.2 Å². The highest BCUT2D eigenvalue weighted by atomic mass is 35.5. The van der Waals surface area contributed by atoms with Crippen molar-refractivity contribution in [2.75, 3.05) is 0 Å². The van der Waals surface area contributed by atoms with Crippen LogP contribution in [0.2, 0.25) is 10.0 Å². The second-order valence-electron chi connectivity index (χ2n) is 6.77. The third kappa shape index (κ3) is 3.41. The lowest BCUT2D eigenvalue weighted by atomic mass is 9.92. The molecule has 7 nitrogen and oxygen atoms in total. The van der Waals surface area contributed by atoms with Gasteiger partial charge in [-0.05, 0) is 25.0 Å². The van der Waals surface area contributed by atoms with Crippen molar-refractivity contribution in [3.05, 3.63) is 45.5 Å². The first-order valence-corrected chi connectivity index (χ1v) is 8.87. The van der Waals surface area contributed by atoms with Crippen LogP contribution in [0, 0.1) is 5.92 Å². The number of nitrogens with one attached hydrogen (secondary N) is 1. The van der Waals surface area contributed by atoms with Crippen molar-refractivity contribution in [1.29, 1.82) is 0 Å². The first-order chi connectivity index (χ1) is 12.2. The third-order valence-electron chi connectivity index (χ3n) is 4.14. The normalized spacial score (nSPS) is 20.2. The molecule has 0 spiro atoms. The molecule has 138 valence electrons. The standard InChI is InChI=1S/C17H18Cl2N4O3/c1-9(2)6-13-20-14(26-22-13)8-23-15(24)17(3,21-16(23)25)11-5-4-10(18)7-12(11)19/h4-5,7,9H,6,8H2,1-3H3,(H,21,25). The van der Waals surface area contributed by atoms with Crippen LogP contribution < -0.4 is 5.32 Å². The van der Waals surface area contributed by atoms with E-state index in [2.05, 4.69) is 15.5 Å². The lowest BCUT2D eigenvalue weighted by Crippen LogP contribution is -2.41. The summed E-state index contributed by atoms with van der Waals surface area (Å²) in [6.07, 6.45) is 0.655. The zero-order valence-electron chi connectivity index (χ0n) is 14.5. The average molecular weight is 397 g/mol. The Kier molecular flexibility index (Phi) is 4.94. The van der Waals surface area contributed by atoms with E-state index in [1.54, 1.807) is 19.1 Å². The van der Waals surface area contributed by atoms with Crippen molar-refractivity contribution < 1.29 is 14.1 Å². The molecule has 1 aliphatic rings. The maximum Gasteiger partial charge on any atom is 0.325 e. The SMILES string of the molecule is CC(C)Cc1noc(CN2C(=O)NC(C)(c3ccc(Cl)cc3Cl)C2=O)n1. The van der Waals surface area contributed by atoms with Gasteiger partial charge in [0.05, 0.1) is 0 Å². The summed E-state index contributed by atoms with van der Waals surface area (Å²) in [6, 6.07) is 4.22. The zero-order chi connectivity index (χ0) is 19.1. The molecule has 0 bridgehead atoms. The molecule has 1 aromatic carbocycles. The van der Waals surface area contributed by atoms with E-state index < -0.39 is 17.5 Å². The number of carbonyl (C=O) groups excluding carboxylic acids is 2. The first kappa shape index (κ1) is 18.7. The van der Waals surface area contributed by atoms with Gasteiger partial charge in [0, 0.05) is 22.0 Å². The van der Waals surface area contributed by atoms with Crippen molar-refractivity contribution in [2.24, 2.45) is 5.92 Å². The van der Waals surface area contributed by atoms with Gasteiger partial charge in [0.1, 0.15) is 12.1 Å². The third-order valence-corrected chi connectivity index (χ3v) is 4.69. The fourth-order valence-electron chi connectivity index (χ4n) is 2.86. The smallest absolute Gasteiger partial charge is 0.325 e. The van der Waals surface area contributed by atoms with E-state index in [1.807, 2.05) is 13.8 Å². The summed E-state index contributed by atoms with van der Waals surface area (Å²) in [7, 11) is 0. The van der Waals surface area contributed by atoms with Crippen LogP contribution in [0.1, 0.15) is 38.0 Å². The zero-order valence-corrected chi connectivity index (χ0v) is 16.1. The molecule has 1 unspecified atom stereocenters. The van der Waals surface area contributed by atoms with Gasteiger partial charge in [-0.3, -0.25) is 9.69 Å². The Morgan fingerprint density at radius 3 is 2.69 bits per heavy atom. The number of carbonyl (C=O) groups is 2. The fraction of sp³-hybridized carbons (Fsp3) is 0.412. The molecule has 9 heteroatoms. The van der Waals surface area contributed by atoms with Gasteiger partial charge in [0.2, 0.25) is 5.89 Å². The summed E-state index contributed by atoms with van der Waals surface area (Å²) in [6.45, 7) is 5.57. The molecule has 0 saturated carbocycles. The minimum atomic E-state index is -1.29. The summed E-state index contributed by atoms with van der Waals surface area (Å²) in [5, 5.41) is 7.30. The number of amides is 3. The number of benzene rings is 1. The molecule has 1 aliphatic heterocycles. The number of hydrogen-bond donors (Lipinski definition) is 1. The Morgan fingerprint density at radius 1 is 1.31 bits per heavy atom. The number of rotatable bonds is 5. The van der Waals surface area contributed by atoms with Crippen LogP contribution in [0.4, 0.5) is 4.79 Å². The topological polar surface area (TPSA) is 88.3 Å². The molecule has 3 amide bonds. The van der Waals surface area contributed by atoms with Crippen molar-refractivity contribution in [3.63, 3.8) is 0 Å². The fourth-order valence-corrected chi connectivity index (χ4v) is 3.45. The maximum atomic E-state index is 12.9. The molecule has 1 atom stereocenters. The molecule has 0 aliphatic carbocycles. The molecule has 1 fully saturated rings. The Labute approximate surface area is 160 Å². The Bertz CT molecular complexity index is 867. The van der Waals surface area contributed by atoms with Crippen LogP contribution in [-0.4, -0.2) is 27.0 Å². The molecule has 0 radical (unpaired) electrons. The summed E-state index contributed by atoms with van der Waals surface area (Å²) >= 11 is 12.1. The van der Waals surface area contributed by atoms with E-state index >= 15 is 0 Å². The number of nitrogens with zero attached hydrogens (tertiary/aromatic N) is 3. The Hall–Kier alpha value is -2.12. The summed E-state index contributed by atoms with van der Waals surface area (Å²) < 4.78 is 5.16. The van der Waals surface area contributed by atoms with Crippen LogP contribution in [0.5, 0.6) is 0 Å². The van der Waals surface area contributed by atoms with E-state index in [-0.39, 0.29) is 12.4 Å². The Morgan fingerprint density at radius 2 is 2.04 bits per heavy atom. The van der Waals surface area contributed by atoms with Crippen LogP contribution in [0.3, 0.4) is 0 Å². The van der Waals surface area contributed by atoms with Gasteiger partial charge in [-0.25, -0.2) is 4.79 Å². The molecular weight excluding hydrogens is 379 g/mol. The number of halogens is 2. The average Bonchev–Trinajstić information content (AvgIpc) is 3.05. The van der Waals surface area contributed by atoms with Crippen molar-refractivity contribution in [1.82, 2.24) is 20.4 Å². The molecular formula is C17H18Cl2N4O3. The van der Waals surface area contributed by atoms with Gasteiger partial charge >= 0.3 is 6.03 Å². The monoisotopic (exact) mass is 396 g/mol. The van der Waals surface area contributed by atoms with Crippen molar-refractivity contribution >= 4 is 35.1 Å². The predicted octanol–water partition coefficient (Wildman–Crippen LogP) is 3.54. The number of urea groups is 1. The van der Waals surface area contributed by atoms with Gasteiger partial charge in [0.15, 0.2) is 5.82 Å². The van der Waals surface area contributed by atoms with E-state index in [9.17, 15) is 9.59 Å². The minimum Gasteiger partial charge on any atom is -0.337 e. The van der Waals surface area contributed by atoms with Gasteiger partial charge in [0.25, 0.3) is 5.91 Å². The van der Waals surface area contributed by atoms with Gasteiger partial charge in [-0.2, -0.15) is 4.98 Å². The molecule has 26 heavy (non-hydrogen) atoms. The van der Waals surface area contributed by atoms with Gasteiger partial charge < -0.3 is 9.84 Å². The Balaban J connectivity index is 1.83. The second-order valence-corrected chi connectivity index (χ2v) is 7.62. The van der Waals surface area contributed by atoms with E-state index in [0.717, 1.165) is 4.90 Å². The summed E-state index contributed by atoms with van der Waals surface area (Å²) in [4.78, 5) is 30.6. The van der Waals surface area contributed by atoms with E-state index in [1.165, 1.54) is 6.07 Å². The highest BCUT2D eigenvalue weighted by Crippen LogP contribution is 2.35. The van der Waals surface area contributed by atoms with Crippen LogP contribution in [-0.2, 0) is 23.3 Å². The summed E-state index contributed by atoms with van der Waals surface area (Å²) in [5.74, 6) is 0.670. The van der Waals surface area contributed by atoms with E-state index in [0.29, 0.717) is 33.8 Å². The highest BCUT2D eigenvalue weighted by Gasteiger charge is 2.50. The van der Waals surface area contributed by atoms with E-state index in [4.69, 9.17) is 27.7 Å². The number of hydrogen-bond acceptors (Lipinski definition) is 5. The maximum absolute atomic E-state index is 12.9. The van der Waals surface area contributed by atoms with Gasteiger partial charge in [-0.1, -0.05) is 48.3 Å². The predicted molar refractivity (Wildman–Crippen MR) is 95.7 cm³/mol. The minimum absolute atomic E-state index is 0.101. The second kappa shape index (κ2) is 6.89. The summed E-state index contributed by atoms with van der Waals surface area (Å²) in [5.41, 5.74) is -0.824. The largest absolute Gasteiger partial charge is 0.337 e. The quantitative estimate of drug-likeness (QED) is 0.780. The molecule has 1 N–H and O–H groups in total. The molecule has 1 aromatic heterocycles. The number of imide groups is 1. The van der Waals surface area contributed by atoms with Gasteiger partial charge in [-0.15, -0.1) is 0 Å². The van der Waals surface area contributed by atoms with Crippen molar-refractivity contribution in [3.8, 4) is 0 Å². The lowest BCUT2D eigenvalue weighted by molar-refractivity contribution is -0.131. The molecule has 1 saturated heterocycles. The molecule has 3 rings (SSSR count). The highest BCUT2D eigenvalue weighted by molar-refractivity contribution is 6.35. The molecule has 2 heterocycles. The van der Waals surface area contributed by atoms with Crippen molar-refractivity contribution in [2.45, 2.75) is 39.3 Å². The van der Waals surface area contributed by atoms with Crippen LogP contribution in [0.25, 0.3) is 0 Å². The number of aromatic nitrogens is 2. The molecule has 2 aromatic rings. The first-order valence-electron chi connectivity index (χ1n) is 8.12.